The van der Waals surface area contributed by atoms with Gasteiger partial charge in [0, 0.05) is 18.9 Å². The van der Waals surface area contributed by atoms with E-state index in [1.165, 1.54) is 0 Å². The molecule has 0 radical (unpaired) electrons. The molecule has 0 bridgehead atoms. The lowest BCUT2D eigenvalue weighted by molar-refractivity contribution is -0.144. The standard InChI is InChI=1S/C10H19F2NO2/c1-9(2,3)8(15)13(5-6-14)7-10(4,11)12/h14H,5-7H2,1-4H3. The molecule has 0 rings (SSSR count). The summed E-state index contributed by atoms with van der Waals surface area (Å²) in [7, 11) is 0. The van der Waals surface area contributed by atoms with Gasteiger partial charge in [0.25, 0.3) is 5.92 Å². The Morgan fingerprint density at radius 1 is 1.27 bits per heavy atom. The summed E-state index contributed by atoms with van der Waals surface area (Å²) < 4.78 is 25.5. The van der Waals surface area contributed by atoms with Crippen molar-refractivity contribution in [3.05, 3.63) is 0 Å². The van der Waals surface area contributed by atoms with Crippen molar-refractivity contribution in [1.29, 1.82) is 0 Å². The number of aliphatic hydroxyl groups excluding tert-OH is 1. The third kappa shape index (κ3) is 5.67. The largest absolute Gasteiger partial charge is 0.395 e. The molecule has 3 nitrogen and oxygen atoms in total. The van der Waals surface area contributed by atoms with E-state index >= 15 is 0 Å². The highest BCUT2D eigenvalue weighted by Crippen LogP contribution is 2.21. The van der Waals surface area contributed by atoms with Crippen LogP contribution in [0.3, 0.4) is 0 Å². The number of carbonyl (C=O) groups excluding carboxylic acids is 1. The molecule has 0 atom stereocenters. The van der Waals surface area contributed by atoms with E-state index in [1.54, 1.807) is 20.8 Å². The van der Waals surface area contributed by atoms with Gasteiger partial charge in [0.1, 0.15) is 0 Å². The number of alkyl halides is 2. The first-order valence-corrected chi connectivity index (χ1v) is 4.86. The van der Waals surface area contributed by atoms with E-state index in [-0.39, 0.29) is 19.1 Å². The van der Waals surface area contributed by atoms with Crippen molar-refractivity contribution in [3.63, 3.8) is 0 Å². The maximum Gasteiger partial charge on any atom is 0.262 e. The molecule has 1 amide bonds. The quantitative estimate of drug-likeness (QED) is 0.784. The molecule has 0 aromatic rings. The maximum atomic E-state index is 12.8. The second-order valence-corrected chi connectivity index (χ2v) is 4.77. The number of carbonyl (C=O) groups is 1. The summed E-state index contributed by atoms with van der Waals surface area (Å²) in [5.74, 6) is -3.31. The summed E-state index contributed by atoms with van der Waals surface area (Å²) in [6, 6.07) is 0. The van der Waals surface area contributed by atoms with E-state index in [4.69, 9.17) is 5.11 Å². The molecule has 0 unspecified atom stereocenters. The number of hydrogen-bond donors (Lipinski definition) is 1. The lowest BCUT2D eigenvalue weighted by atomic mass is 9.94. The smallest absolute Gasteiger partial charge is 0.262 e. The number of hydrogen-bond acceptors (Lipinski definition) is 2. The molecule has 5 heteroatoms. The minimum Gasteiger partial charge on any atom is -0.395 e. The normalized spacial score (nSPS) is 12.7. The monoisotopic (exact) mass is 223 g/mol. The molecule has 0 fully saturated rings. The van der Waals surface area contributed by atoms with Crippen LogP contribution in [-0.4, -0.2) is 41.5 Å². The first-order chi connectivity index (χ1) is 6.58. The zero-order valence-electron chi connectivity index (χ0n) is 9.68. The van der Waals surface area contributed by atoms with Crippen LogP contribution in [0.1, 0.15) is 27.7 Å². The number of nitrogens with zero attached hydrogens (tertiary/aromatic N) is 1. The van der Waals surface area contributed by atoms with E-state index in [0.717, 1.165) is 11.8 Å². The molecule has 0 aromatic heterocycles. The van der Waals surface area contributed by atoms with Crippen LogP contribution in [0.4, 0.5) is 8.78 Å². The van der Waals surface area contributed by atoms with Crippen LogP contribution in [0, 0.1) is 5.41 Å². The zero-order chi connectivity index (χ0) is 12.3. The number of halogens is 2. The summed E-state index contributed by atoms with van der Waals surface area (Å²) in [6.07, 6.45) is 0. The first kappa shape index (κ1) is 14.3. The fraction of sp³-hybridized carbons (Fsp3) is 0.900. The molecule has 0 aromatic carbocycles. The molecule has 90 valence electrons. The molecule has 0 saturated heterocycles. The summed E-state index contributed by atoms with van der Waals surface area (Å²) >= 11 is 0. The average Bonchev–Trinajstić information content (AvgIpc) is 1.98. The van der Waals surface area contributed by atoms with E-state index < -0.39 is 17.9 Å². The van der Waals surface area contributed by atoms with Crippen LogP contribution in [0.15, 0.2) is 0 Å². The zero-order valence-corrected chi connectivity index (χ0v) is 9.68. The van der Waals surface area contributed by atoms with Crippen molar-refractivity contribution >= 4 is 5.91 Å². The van der Waals surface area contributed by atoms with E-state index in [1.807, 2.05) is 0 Å². The van der Waals surface area contributed by atoms with Gasteiger partial charge < -0.3 is 10.0 Å². The van der Waals surface area contributed by atoms with Crippen molar-refractivity contribution in [3.8, 4) is 0 Å². The fourth-order valence-electron chi connectivity index (χ4n) is 1.18. The molecule has 0 aliphatic carbocycles. The number of amides is 1. The number of rotatable bonds is 4. The maximum absolute atomic E-state index is 12.8. The molecule has 0 heterocycles. The average molecular weight is 223 g/mol. The van der Waals surface area contributed by atoms with Gasteiger partial charge in [-0.05, 0) is 0 Å². The van der Waals surface area contributed by atoms with Crippen LogP contribution in [0.25, 0.3) is 0 Å². The van der Waals surface area contributed by atoms with Gasteiger partial charge in [0.2, 0.25) is 5.91 Å². The lowest BCUT2D eigenvalue weighted by Crippen LogP contribution is -2.46. The Balaban J connectivity index is 4.60. The van der Waals surface area contributed by atoms with Crippen molar-refractivity contribution in [2.45, 2.75) is 33.6 Å². The molecular formula is C10H19F2NO2. The van der Waals surface area contributed by atoms with Gasteiger partial charge in [-0.2, -0.15) is 0 Å². The fourth-order valence-corrected chi connectivity index (χ4v) is 1.18. The van der Waals surface area contributed by atoms with Crippen molar-refractivity contribution in [2.24, 2.45) is 5.41 Å². The summed E-state index contributed by atoms with van der Waals surface area (Å²) in [5.41, 5.74) is -0.708. The van der Waals surface area contributed by atoms with Gasteiger partial charge in [0.15, 0.2) is 0 Å². The highest BCUT2D eigenvalue weighted by Gasteiger charge is 2.33. The minimum absolute atomic E-state index is 0.0560. The Labute approximate surface area is 89.1 Å². The van der Waals surface area contributed by atoms with Crippen molar-refractivity contribution < 1.29 is 18.7 Å². The molecular weight excluding hydrogens is 204 g/mol. The Kier molecular flexibility index (Phi) is 4.65. The molecule has 15 heavy (non-hydrogen) atoms. The van der Waals surface area contributed by atoms with Gasteiger partial charge in [-0.15, -0.1) is 0 Å². The third-order valence-corrected chi connectivity index (χ3v) is 1.77. The second-order valence-electron chi connectivity index (χ2n) is 4.77. The molecule has 0 aliphatic heterocycles. The molecule has 0 aliphatic rings. The Hall–Kier alpha value is -0.710. The highest BCUT2D eigenvalue weighted by atomic mass is 19.3. The minimum atomic E-state index is -2.93. The van der Waals surface area contributed by atoms with Crippen LogP contribution in [0.2, 0.25) is 0 Å². The van der Waals surface area contributed by atoms with Crippen LogP contribution >= 0.6 is 0 Å². The lowest BCUT2D eigenvalue weighted by Gasteiger charge is -2.30. The van der Waals surface area contributed by atoms with Gasteiger partial charge in [-0.25, -0.2) is 8.78 Å². The summed E-state index contributed by atoms with van der Waals surface area (Å²) in [4.78, 5) is 12.7. The SMILES string of the molecule is CC(F)(F)CN(CCO)C(=O)C(C)(C)C. The predicted molar refractivity (Wildman–Crippen MR) is 53.7 cm³/mol. The molecule has 1 N–H and O–H groups in total. The van der Waals surface area contributed by atoms with E-state index in [2.05, 4.69) is 0 Å². The van der Waals surface area contributed by atoms with E-state index in [9.17, 15) is 13.6 Å². The second kappa shape index (κ2) is 4.88. The predicted octanol–water partition coefficient (Wildman–Crippen LogP) is 1.51. The summed E-state index contributed by atoms with van der Waals surface area (Å²) in [6.45, 7) is 4.73. The Morgan fingerprint density at radius 3 is 2.00 bits per heavy atom. The first-order valence-electron chi connectivity index (χ1n) is 4.86. The van der Waals surface area contributed by atoms with Gasteiger partial charge in [-0.3, -0.25) is 4.79 Å². The number of aliphatic hydroxyl groups is 1. The van der Waals surface area contributed by atoms with Crippen LogP contribution in [-0.2, 0) is 4.79 Å². The third-order valence-electron chi connectivity index (χ3n) is 1.77. The van der Waals surface area contributed by atoms with Gasteiger partial charge in [0.05, 0.1) is 13.2 Å². The summed E-state index contributed by atoms with van der Waals surface area (Å²) in [5, 5.41) is 8.71. The van der Waals surface area contributed by atoms with E-state index in [0.29, 0.717) is 0 Å². The van der Waals surface area contributed by atoms with Crippen molar-refractivity contribution in [2.75, 3.05) is 19.7 Å². The topological polar surface area (TPSA) is 40.5 Å². The van der Waals surface area contributed by atoms with Crippen LogP contribution in [0.5, 0.6) is 0 Å². The Bertz CT molecular complexity index is 218. The molecule has 0 spiro atoms. The molecule has 0 saturated carbocycles. The van der Waals surface area contributed by atoms with Crippen molar-refractivity contribution in [1.82, 2.24) is 4.90 Å². The van der Waals surface area contributed by atoms with Crippen LogP contribution < -0.4 is 0 Å². The van der Waals surface area contributed by atoms with Gasteiger partial charge in [-0.1, -0.05) is 20.8 Å². The van der Waals surface area contributed by atoms with Gasteiger partial charge >= 0.3 is 0 Å². The Morgan fingerprint density at radius 2 is 1.73 bits per heavy atom. The highest BCUT2D eigenvalue weighted by molar-refractivity contribution is 5.81.